The van der Waals surface area contributed by atoms with Crippen LogP contribution < -0.4 is 0 Å². The largest absolute Gasteiger partial charge is 0.387 e. The highest BCUT2D eigenvalue weighted by Crippen LogP contribution is 2.28. The van der Waals surface area contributed by atoms with E-state index in [0.29, 0.717) is 0 Å². The molecule has 3 heteroatoms. The van der Waals surface area contributed by atoms with Crippen molar-refractivity contribution in [3.05, 3.63) is 66.0 Å². The maximum absolute atomic E-state index is 5.47. The van der Waals surface area contributed by atoms with Crippen LogP contribution in [0.25, 0.3) is 0 Å². The predicted octanol–water partition coefficient (Wildman–Crippen LogP) is 2.95. The van der Waals surface area contributed by atoms with Gasteiger partial charge in [0.05, 0.1) is 5.71 Å². The molecule has 1 atom stereocenters. The summed E-state index contributed by atoms with van der Waals surface area (Å²) in [5, 5.41) is 4.14. The molecule has 0 aliphatic carbocycles. The zero-order valence-corrected chi connectivity index (χ0v) is 9.28. The summed E-state index contributed by atoms with van der Waals surface area (Å²) in [5.74, 6) is 0. The Bertz CT molecular complexity index is 522. The van der Waals surface area contributed by atoms with Gasteiger partial charge >= 0.3 is 0 Å². The summed E-state index contributed by atoms with van der Waals surface area (Å²) in [6.45, 7) is 0. The highest BCUT2D eigenvalue weighted by Gasteiger charge is 2.23. The lowest BCUT2D eigenvalue weighted by Crippen LogP contribution is -2.01. The van der Waals surface area contributed by atoms with Crippen LogP contribution in [0.1, 0.15) is 23.7 Å². The number of hydrogen-bond donors (Lipinski definition) is 0. The highest BCUT2D eigenvalue weighted by atomic mass is 16.6. The van der Waals surface area contributed by atoms with Gasteiger partial charge in [0.15, 0.2) is 6.10 Å². The van der Waals surface area contributed by atoms with Crippen molar-refractivity contribution in [2.45, 2.75) is 12.5 Å². The van der Waals surface area contributed by atoms with Crippen LogP contribution >= 0.6 is 0 Å². The third-order valence-corrected chi connectivity index (χ3v) is 2.84. The van der Waals surface area contributed by atoms with Crippen LogP contribution in [0.4, 0.5) is 0 Å². The average Bonchev–Trinajstić information content (AvgIpc) is 2.90. The van der Waals surface area contributed by atoms with Crippen molar-refractivity contribution in [1.29, 1.82) is 0 Å². The van der Waals surface area contributed by atoms with E-state index in [0.717, 1.165) is 23.3 Å². The van der Waals surface area contributed by atoms with Crippen molar-refractivity contribution < 1.29 is 4.84 Å². The van der Waals surface area contributed by atoms with Crippen molar-refractivity contribution in [1.82, 2.24) is 4.98 Å². The maximum atomic E-state index is 5.47. The zero-order chi connectivity index (χ0) is 11.5. The number of benzene rings is 1. The maximum Gasteiger partial charge on any atom is 0.158 e. The molecule has 1 aliphatic heterocycles. The van der Waals surface area contributed by atoms with E-state index in [-0.39, 0.29) is 6.10 Å². The molecule has 0 N–H and O–H groups in total. The number of pyridine rings is 1. The first-order valence-electron chi connectivity index (χ1n) is 5.61. The number of hydrogen-bond acceptors (Lipinski definition) is 3. The summed E-state index contributed by atoms with van der Waals surface area (Å²) >= 11 is 0. The number of oxime groups is 1. The summed E-state index contributed by atoms with van der Waals surface area (Å²) in [4.78, 5) is 9.56. The lowest BCUT2D eigenvalue weighted by molar-refractivity contribution is 0.0857. The SMILES string of the molecule is c1ccc(C2CC(c3cccnc3)=NO2)cc1. The zero-order valence-electron chi connectivity index (χ0n) is 9.28. The lowest BCUT2D eigenvalue weighted by atomic mass is 10.0. The Labute approximate surface area is 99.8 Å². The van der Waals surface area contributed by atoms with Gasteiger partial charge in [-0.2, -0.15) is 0 Å². The molecule has 0 saturated carbocycles. The van der Waals surface area contributed by atoms with Gasteiger partial charge in [-0.25, -0.2) is 0 Å². The molecule has 1 aromatic heterocycles. The van der Waals surface area contributed by atoms with E-state index in [2.05, 4.69) is 22.3 Å². The first kappa shape index (κ1) is 10.0. The molecular weight excluding hydrogens is 212 g/mol. The van der Waals surface area contributed by atoms with Crippen molar-refractivity contribution in [2.75, 3.05) is 0 Å². The minimum absolute atomic E-state index is 0.0337. The fraction of sp³-hybridized carbons (Fsp3) is 0.143. The summed E-state index contributed by atoms with van der Waals surface area (Å²) in [6.07, 6.45) is 4.41. The van der Waals surface area contributed by atoms with Gasteiger partial charge in [0.2, 0.25) is 0 Å². The van der Waals surface area contributed by atoms with Gasteiger partial charge in [-0.3, -0.25) is 4.98 Å². The molecule has 0 saturated heterocycles. The third kappa shape index (κ3) is 2.04. The van der Waals surface area contributed by atoms with Crippen molar-refractivity contribution in [3.8, 4) is 0 Å². The Morgan fingerprint density at radius 2 is 1.94 bits per heavy atom. The van der Waals surface area contributed by atoms with Crippen LogP contribution in [0.3, 0.4) is 0 Å². The highest BCUT2D eigenvalue weighted by molar-refractivity contribution is 6.01. The van der Waals surface area contributed by atoms with E-state index in [9.17, 15) is 0 Å². The predicted molar refractivity (Wildman–Crippen MR) is 65.7 cm³/mol. The molecule has 0 amide bonds. The minimum atomic E-state index is 0.0337. The van der Waals surface area contributed by atoms with Gasteiger partial charge in [-0.1, -0.05) is 35.5 Å². The van der Waals surface area contributed by atoms with Gasteiger partial charge in [-0.05, 0) is 17.7 Å². The van der Waals surface area contributed by atoms with E-state index in [1.165, 1.54) is 0 Å². The summed E-state index contributed by atoms with van der Waals surface area (Å²) in [6, 6.07) is 14.1. The Morgan fingerprint density at radius 3 is 2.71 bits per heavy atom. The van der Waals surface area contributed by atoms with Gasteiger partial charge in [0, 0.05) is 24.4 Å². The number of nitrogens with zero attached hydrogens (tertiary/aromatic N) is 2. The Hall–Kier alpha value is -2.16. The lowest BCUT2D eigenvalue weighted by Gasteiger charge is -2.07. The summed E-state index contributed by atoms with van der Waals surface area (Å²) < 4.78 is 0. The molecule has 0 spiro atoms. The molecular formula is C14H12N2O. The summed E-state index contributed by atoms with van der Waals surface area (Å²) in [7, 11) is 0. The molecule has 0 fully saturated rings. The van der Waals surface area contributed by atoms with Crippen molar-refractivity contribution in [2.24, 2.45) is 5.16 Å². The third-order valence-electron chi connectivity index (χ3n) is 2.84. The minimum Gasteiger partial charge on any atom is -0.387 e. The second kappa shape index (κ2) is 4.37. The molecule has 17 heavy (non-hydrogen) atoms. The van der Waals surface area contributed by atoms with Crippen molar-refractivity contribution >= 4 is 5.71 Å². The van der Waals surface area contributed by atoms with E-state index in [1.54, 1.807) is 6.20 Å². The van der Waals surface area contributed by atoms with Crippen LogP contribution in [0.15, 0.2) is 60.0 Å². The van der Waals surface area contributed by atoms with Gasteiger partial charge in [0.1, 0.15) is 0 Å². The first-order chi connectivity index (χ1) is 8.43. The van der Waals surface area contributed by atoms with Crippen LogP contribution in [0.2, 0.25) is 0 Å². The van der Waals surface area contributed by atoms with Crippen LogP contribution in [-0.4, -0.2) is 10.7 Å². The van der Waals surface area contributed by atoms with Gasteiger partial charge in [0.25, 0.3) is 0 Å². The molecule has 3 nitrogen and oxygen atoms in total. The summed E-state index contributed by atoms with van der Waals surface area (Å²) in [5.41, 5.74) is 3.16. The van der Waals surface area contributed by atoms with E-state index in [4.69, 9.17) is 4.84 Å². The number of rotatable bonds is 2. The van der Waals surface area contributed by atoms with E-state index < -0.39 is 0 Å². The number of aromatic nitrogens is 1. The van der Waals surface area contributed by atoms with Crippen LogP contribution in [-0.2, 0) is 4.84 Å². The van der Waals surface area contributed by atoms with Gasteiger partial charge < -0.3 is 4.84 Å². The van der Waals surface area contributed by atoms with Crippen LogP contribution in [0, 0.1) is 0 Å². The quantitative estimate of drug-likeness (QED) is 0.786. The van der Waals surface area contributed by atoms with Gasteiger partial charge in [-0.15, -0.1) is 0 Å². The Balaban J connectivity index is 1.78. The standard InChI is InChI=1S/C14H12N2O/c1-2-5-11(6-3-1)14-9-13(16-17-14)12-7-4-8-15-10-12/h1-8,10,14H,9H2. The topological polar surface area (TPSA) is 34.5 Å². The van der Waals surface area contributed by atoms with Crippen molar-refractivity contribution in [3.63, 3.8) is 0 Å². The molecule has 1 unspecified atom stereocenters. The van der Waals surface area contributed by atoms with E-state index >= 15 is 0 Å². The molecule has 84 valence electrons. The van der Waals surface area contributed by atoms with E-state index in [1.807, 2.05) is 36.5 Å². The smallest absolute Gasteiger partial charge is 0.158 e. The second-order valence-corrected chi connectivity index (χ2v) is 3.99. The van der Waals surface area contributed by atoms with Crippen LogP contribution in [0.5, 0.6) is 0 Å². The first-order valence-corrected chi connectivity index (χ1v) is 5.61. The molecule has 2 aromatic rings. The molecule has 2 heterocycles. The molecule has 0 bridgehead atoms. The molecule has 0 radical (unpaired) electrons. The molecule has 1 aliphatic rings. The molecule has 3 rings (SSSR count). The average molecular weight is 224 g/mol. The fourth-order valence-electron chi connectivity index (χ4n) is 1.93. The monoisotopic (exact) mass is 224 g/mol. The normalized spacial score (nSPS) is 18.6. The Morgan fingerprint density at radius 1 is 1.06 bits per heavy atom. The Kier molecular flexibility index (Phi) is 2.58. The second-order valence-electron chi connectivity index (χ2n) is 3.99. The fourth-order valence-corrected chi connectivity index (χ4v) is 1.93. The molecule has 1 aromatic carbocycles.